The molecule has 0 radical (unpaired) electrons. The number of nitrogens with zero attached hydrogens (tertiary/aromatic N) is 1. The van der Waals surface area contributed by atoms with Gasteiger partial charge in [0.05, 0.1) is 0 Å². The van der Waals surface area contributed by atoms with E-state index in [0.717, 1.165) is 11.6 Å². The number of alkyl halides is 2. The first-order valence-corrected chi connectivity index (χ1v) is 5.19. The Hall–Kier alpha value is -1.45. The molecule has 2 nitrogen and oxygen atoms in total. The van der Waals surface area contributed by atoms with Crippen molar-refractivity contribution in [1.82, 2.24) is 4.98 Å². The molecule has 4 heteroatoms. The summed E-state index contributed by atoms with van der Waals surface area (Å²) in [5.74, 6) is 0.476. The number of anilines is 1. The topological polar surface area (TPSA) is 38.9 Å². The third-order valence-electron chi connectivity index (χ3n) is 2.41. The Bertz CT molecular complexity index is 362. The molecule has 0 aliphatic rings. The number of halogens is 2. The minimum absolute atomic E-state index is 0.123. The van der Waals surface area contributed by atoms with Crippen LogP contribution in [-0.2, 0) is 0 Å². The summed E-state index contributed by atoms with van der Waals surface area (Å²) in [5.41, 5.74) is 6.53. The molecule has 1 atom stereocenters. The average molecular weight is 226 g/mol. The van der Waals surface area contributed by atoms with Crippen molar-refractivity contribution >= 4 is 5.82 Å². The van der Waals surface area contributed by atoms with Crippen molar-refractivity contribution in [3.05, 3.63) is 36.0 Å². The number of aromatic nitrogens is 1. The van der Waals surface area contributed by atoms with Gasteiger partial charge in [-0.3, -0.25) is 0 Å². The standard InChI is InChI=1S/C12H16F2N2/c1-8(2)9(5-6-11(13)14)10-4-3-7-16-12(10)15/h3-9,11H,1-2H3,(H2,15,16)/b6-5+. The lowest BCUT2D eigenvalue weighted by Gasteiger charge is -2.18. The van der Waals surface area contributed by atoms with Crippen LogP contribution in [0.2, 0.25) is 0 Å². The summed E-state index contributed by atoms with van der Waals surface area (Å²) in [6, 6.07) is 3.58. The normalized spacial score (nSPS) is 13.9. The summed E-state index contributed by atoms with van der Waals surface area (Å²) >= 11 is 0. The fourth-order valence-electron chi connectivity index (χ4n) is 1.60. The van der Waals surface area contributed by atoms with Gasteiger partial charge in [0, 0.05) is 17.7 Å². The molecule has 1 aromatic heterocycles. The fourth-order valence-corrected chi connectivity index (χ4v) is 1.60. The molecule has 2 N–H and O–H groups in total. The number of nitrogens with two attached hydrogens (primary N) is 1. The number of rotatable bonds is 4. The lowest BCUT2D eigenvalue weighted by atomic mass is 9.88. The SMILES string of the molecule is CC(C)C(/C=C/C(F)F)c1cccnc1N. The van der Waals surface area contributed by atoms with E-state index in [2.05, 4.69) is 4.98 Å². The van der Waals surface area contributed by atoms with Crippen LogP contribution in [0.3, 0.4) is 0 Å². The summed E-state index contributed by atoms with van der Waals surface area (Å²) in [7, 11) is 0. The lowest BCUT2D eigenvalue weighted by Crippen LogP contribution is -2.08. The average Bonchev–Trinajstić information content (AvgIpc) is 2.20. The molecule has 0 aliphatic carbocycles. The van der Waals surface area contributed by atoms with Gasteiger partial charge < -0.3 is 5.73 Å². The summed E-state index contributed by atoms with van der Waals surface area (Å²) in [6.45, 7) is 3.93. The van der Waals surface area contributed by atoms with E-state index in [-0.39, 0.29) is 11.8 Å². The van der Waals surface area contributed by atoms with Gasteiger partial charge in [-0.1, -0.05) is 26.0 Å². The molecule has 0 spiro atoms. The van der Waals surface area contributed by atoms with E-state index in [0.29, 0.717) is 5.82 Å². The number of hydrogen-bond acceptors (Lipinski definition) is 2. The minimum atomic E-state index is -2.43. The van der Waals surface area contributed by atoms with E-state index >= 15 is 0 Å². The summed E-state index contributed by atoms with van der Waals surface area (Å²) in [6.07, 6.45) is 1.56. The number of pyridine rings is 1. The molecule has 0 amide bonds. The summed E-state index contributed by atoms with van der Waals surface area (Å²) in [5, 5.41) is 0. The van der Waals surface area contributed by atoms with Crippen molar-refractivity contribution in [3.63, 3.8) is 0 Å². The quantitative estimate of drug-likeness (QED) is 0.800. The highest BCUT2D eigenvalue weighted by Crippen LogP contribution is 2.29. The summed E-state index contributed by atoms with van der Waals surface area (Å²) in [4.78, 5) is 3.97. The van der Waals surface area contributed by atoms with Crippen molar-refractivity contribution in [2.24, 2.45) is 5.92 Å². The highest BCUT2D eigenvalue weighted by molar-refractivity contribution is 5.43. The lowest BCUT2D eigenvalue weighted by molar-refractivity contribution is 0.203. The van der Waals surface area contributed by atoms with Gasteiger partial charge in [-0.2, -0.15) is 0 Å². The van der Waals surface area contributed by atoms with Gasteiger partial charge in [0.1, 0.15) is 5.82 Å². The largest absolute Gasteiger partial charge is 0.383 e. The van der Waals surface area contributed by atoms with Crippen molar-refractivity contribution < 1.29 is 8.78 Å². The van der Waals surface area contributed by atoms with Crippen molar-refractivity contribution in [2.75, 3.05) is 5.73 Å². The van der Waals surface area contributed by atoms with Crippen LogP contribution in [0.15, 0.2) is 30.5 Å². The molecule has 1 aromatic rings. The first-order chi connectivity index (χ1) is 7.52. The number of nitrogen functional groups attached to an aromatic ring is 1. The van der Waals surface area contributed by atoms with Crippen molar-refractivity contribution in [1.29, 1.82) is 0 Å². The maximum absolute atomic E-state index is 12.1. The van der Waals surface area contributed by atoms with Crippen LogP contribution in [0.1, 0.15) is 25.3 Å². The molecular weight excluding hydrogens is 210 g/mol. The zero-order valence-corrected chi connectivity index (χ0v) is 9.40. The highest BCUT2D eigenvalue weighted by Gasteiger charge is 2.16. The first kappa shape index (κ1) is 12.6. The molecule has 0 aromatic carbocycles. The first-order valence-electron chi connectivity index (χ1n) is 5.19. The molecular formula is C12H16F2N2. The van der Waals surface area contributed by atoms with Crippen LogP contribution in [0, 0.1) is 5.92 Å². The number of hydrogen-bond donors (Lipinski definition) is 1. The molecule has 0 fully saturated rings. The zero-order valence-electron chi connectivity index (χ0n) is 9.40. The molecule has 1 heterocycles. The fraction of sp³-hybridized carbons (Fsp3) is 0.417. The second kappa shape index (κ2) is 5.58. The Morgan fingerprint density at radius 2 is 2.00 bits per heavy atom. The number of allylic oxidation sites excluding steroid dienone is 2. The highest BCUT2D eigenvalue weighted by atomic mass is 19.3. The maximum atomic E-state index is 12.1. The van der Waals surface area contributed by atoms with Gasteiger partial charge >= 0.3 is 0 Å². The van der Waals surface area contributed by atoms with Gasteiger partial charge in [0.15, 0.2) is 0 Å². The Morgan fingerprint density at radius 1 is 1.31 bits per heavy atom. The van der Waals surface area contributed by atoms with Crippen LogP contribution < -0.4 is 5.73 Å². The predicted octanol–water partition coefficient (Wildman–Crippen LogP) is 3.22. The molecule has 0 aliphatic heterocycles. The van der Waals surface area contributed by atoms with E-state index in [1.165, 1.54) is 6.08 Å². The van der Waals surface area contributed by atoms with Crippen LogP contribution in [0.5, 0.6) is 0 Å². The van der Waals surface area contributed by atoms with Gasteiger partial charge in [0.25, 0.3) is 6.43 Å². The Labute approximate surface area is 94.2 Å². The van der Waals surface area contributed by atoms with Gasteiger partial charge in [-0.15, -0.1) is 0 Å². The Kier molecular flexibility index (Phi) is 4.40. The second-order valence-electron chi connectivity index (χ2n) is 3.97. The van der Waals surface area contributed by atoms with Crippen LogP contribution in [0.4, 0.5) is 14.6 Å². The van der Waals surface area contributed by atoms with Crippen LogP contribution in [0.25, 0.3) is 0 Å². The summed E-state index contributed by atoms with van der Waals surface area (Å²) < 4.78 is 24.3. The van der Waals surface area contributed by atoms with Crippen molar-refractivity contribution in [2.45, 2.75) is 26.2 Å². The van der Waals surface area contributed by atoms with Crippen LogP contribution in [-0.4, -0.2) is 11.4 Å². The monoisotopic (exact) mass is 226 g/mol. The Morgan fingerprint density at radius 3 is 2.50 bits per heavy atom. The van der Waals surface area contributed by atoms with E-state index in [9.17, 15) is 8.78 Å². The maximum Gasteiger partial charge on any atom is 0.257 e. The van der Waals surface area contributed by atoms with Gasteiger partial charge in [-0.05, 0) is 18.1 Å². The Balaban J connectivity index is 2.99. The van der Waals surface area contributed by atoms with E-state index in [4.69, 9.17) is 5.73 Å². The minimum Gasteiger partial charge on any atom is -0.383 e. The zero-order chi connectivity index (χ0) is 12.1. The molecule has 16 heavy (non-hydrogen) atoms. The van der Waals surface area contributed by atoms with Crippen molar-refractivity contribution in [3.8, 4) is 0 Å². The second-order valence-corrected chi connectivity index (χ2v) is 3.97. The molecule has 1 rings (SSSR count). The molecule has 0 saturated heterocycles. The molecule has 88 valence electrons. The predicted molar refractivity (Wildman–Crippen MR) is 61.4 cm³/mol. The van der Waals surface area contributed by atoms with Crippen LogP contribution >= 0.6 is 0 Å². The molecule has 0 saturated carbocycles. The van der Waals surface area contributed by atoms with E-state index < -0.39 is 6.43 Å². The van der Waals surface area contributed by atoms with Gasteiger partial charge in [-0.25, -0.2) is 13.8 Å². The van der Waals surface area contributed by atoms with E-state index in [1.807, 2.05) is 19.9 Å². The van der Waals surface area contributed by atoms with Gasteiger partial charge in [0.2, 0.25) is 0 Å². The third-order valence-corrected chi connectivity index (χ3v) is 2.41. The third kappa shape index (κ3) is 3.29. The van der Waals surface area contributed by atoms with E-state index in [1.54, 1.807) is 12.3 Å². The molecule has 0 bridgehead atoms. The molecule has 1 unspecified atom stereocenters. The smallest absolute Gasteiger partial charge is 0.257 e.